The second kappa shape index (κ2) is 16.5. The molecule has 0 radical (unpaired) electrons. The number of unbranched alkanes of at least 4 members (excludes halogenated alkanes) is 2. The summed E-state index contributed by atoms with van der Waals surface area (Å²) in [7, 11) is 0. The van der Waals surface area contributed by atoms with Gasteiger partial charge in [-0.3, -0.25) is 9.69 Å². The lowest BCUT2D eigenvalue weighted by molar-refractivity contribution is 0.101. The standard InChI is InChI=1S/C41H49NO2/c1-3-4-5-11-28-42(40-17-12-16-38-30-37(32(2)43)25-26-39(38)40)29-27-36-15-9-10-18-41(36)44-31-35-23-21-34(22-24-35)20-19-33-13-7-6-8-14-33/h3,9-10,15,18,21-26,30,33,40H,1,4-8,11-14,16-17,27-29,31H2,2H3. The Balaban J connectivity index is 1.23. The van der Waals surface area contributed by atoms with Gasteiger partial charge in [-0.25, -0.2) is 0 Å². The molecule has 3 aromatic rings. The second-order valence-corrected chi connectivity index (χ2v) is 12.6. The van der Waals surface area contributed by atoms with E-state index in [1.54, 1.807) is 6.92 Å². The number of carbonyl (C=O) groups excluding carboxylic acids is 1. The molecule has 1 atom stereocenters. The normalized spacial score (nSPS) is 16.5. The van der Waals surface area contributed by atoms with Gasteiger partial charge in [-0.1, -0.05) is 79.6 Å². The highest BCUT2D eigenvalue weighted by Crippen LogP contribution is 2.36. The summed E-state index contributed by atoms with van der Waals surface area (Å²) in [5.41, 5.74) is 7.09. The van der Waals surface area contributed by atoms with E-state index in [1.807, 2.05) is 12.1 Å². The number of rotatable bonds is 13. The molecule has 0 N–H and O–H groups in total. The largest absolute Gasteiger partial charge is 0.489 e. The Labute approximate surface area is 265 Å². The number of benzene rings is 3. The van der Waals surface area contributed by atoms with E-state index in [0.29, 0.717) is 18.6 Å². The van der Waals surface area contributed by atoms with Gasteiger partial charge >= 0.3 is 0 Å². The van der Waals surface area contributed by atoms with E-state index in [9.17, 15) is 4.79 Å². The van der Waals surface area contributed by atoms with Crippen molar-refractivity contribution in [2.45, 2.75) is 96.6 Å². The molecule has 1 unspecified atom stereocenters. The van der Waals surface area contributed by atoms with Gasteiger partial charge in [0.05, 0.1) is 0 Å². The molecule has 0 spiro atoms. The minimum atomic E-state index is 0.145. The average molecular weight is 588 g/mol. The molecule has 3 nitrogen and oxygen atoms in total. The molecule has 44 heavy (non-hydrogen) atoms. The topological polar surface area (TPSA) is 29.5 Å². The summed E-state index contributed by atoms with van der Waals surface area (Å²) < 4.78 is 6.40. The van der Waals surface area contributed by atoms with Crippen molar-refractivity contribution in [3.05, 3.63) is 113 Å². The molecule has 3 heteroatoms. The summed E-state index contributed by atoms with van der Waals surface area (Å²) in [6.45, 7) is 8.16. The highest BCUT2D eigenvalue weighted by Gasteiger charge is 2.26. The number of aryl methyl sites for hydroxylation is 1. The van der Waals surface area contributed by atoms with Crippen molar-refractivity contribution >= 4 is 5.78 Å². The monoisotopic (exact) mass is 587 g/mol. The van der Waals surface area contributed by atoms with Crippen LogP contribution in [0.1, 0.15) is 115 Å². The van der Waals surface area contributed by atoms with Crippen molar-refractivity contribution < 1.29 is 9.53 Å². The smallest absolute Gasteiger partial charge is 0.159 e. The maximum Gasteiger partial charge on any atom is 0.159 e. The fourth-order valence-corrected chi connectivity index (χ4v) is 6.81. The Morgan fingerprint density at radius 3 is 2.57 bits per heavy atom. The van der Waals surface area contributed by atoms with Crippen molar-refractivity contribution in [1.29, 1.82) is 0 Å². The first-order valence-corrected chi connectivity index (χ1v) is 16.9. The molecule has 1 saturated carbocycles. The first-order chi connectivity index (χ1) is 21.6. The van der Waals surface area contributed by atoms with Gasteiger partial charge in [-0.15, -0.1) is 6.58 Å². The number of carbonyl (C=O) groups is 1. The summed E-state index contributed by atoms with van der Waals surface area (Å²) in [5, 5.41) is 0. The summed E-state index contributed by atoms with van der Waals surface area (Å²) in [6, 6.07) is 23.8. The third-order valence-electron chi connectivity index (χ3n) is 9.39. The van der Waals surface area contributed by atoms with Gasteiger partial charge in [-0.05, 0) is 118 Å². The molecular formula is C41H49NO2. The molecule has 0 saturated heterocycles. The van der Waals surface area contributed by atoms with Crippen LogP contribution in [0.4, 0.5) is 0 Å². The minimum Gasteiger partial charge on any atom is -0.489 e. The summed E-state index contributed by atoms with van der Waals surface area (Å²) in [6.07, 6.45) is 16.2. The SMILES string of the molecule is C=CCCCCN(CCc1ccccc1OCc1ccc(C#CC2CCCCC2)cc1)C1CCCc2cc(C(C)=O)ccc21. The third kappa shape index (κ3) is 8.96. The molecule has 0 bridgehead atoms. The molecule has 0 amide bonds. The number of allylic oxidation sites excluding steroid dienone is 1. The molecule has 0 heterocycles. The van der Waals surface area contributed by atoms with Crippen LogP contribution in [-0.2, 0) is 19.4 Å². The maximum atomic E-state index is 12.0. The van der Waals surface area contributed by atoms with Crippen molar-refractivity contribution in [2.75, 3.05) is 13.1 Å². The van der Waals surface area contributed by atoms with Crippen LogP contribution in [0.25, 0.3) is 0 Å². The van der Waals surface area contributed by atoms with Crippen LogP contribution >= 0.6 is 0 Å². The number of nitrogens with zero attached hydrogens (tertiary/aromatic N) is 1. The van der Waals surface area contributed by atoms with Crippen molar-refractivity contribution in [3.8, 4) is 17.6 Å². The quantitative estimate of drug-likeness (QED) is 0.0863. The van der Waals surface area contributed by atoms with Gasteiger partial charge in [0.2, 0.25) is 0 Å². The highest BCUT2D eigenvalue weighted by atomic mass is 16.5. The Kier molecular flexibility index (Phi) is 11.9. The zero-order valence-electron chi connectivity index (χ0n) is 26.7. The average Bonchev–Trinajstić information content (AvgIpc) is 3.07. The van der Waals surface area contributed by atoms with Crippen LogP contribution in [0.3, 0.4) is 0 Å². The molecule has 0 aromatic heterocycles. The van der Waals surface area contributed by atoms with Crippen LogP contribution in [0, 0.1) is 17.8 Å². The highest BCUT2D eigenvalue weighted by molar-refractivity contribution is 5.94. The number of hydrogen-bond acceptors (Lipinski definition) is 3. The molecule has 3 aromatic carbocycles. The molecular weight excluding hydrogens is 538 g/mol. The Bertz CT molecular complexity index is 1440. The number of ketones is 1. The molecule has 2 aliphatic carbocycles. The van der Waals surface area contributed by atoms with Gasteiger partial charge in [0.1, 0.15) is 12.4 Å². The van der Waals surface area contributed by atoms with E-state index in [0.717, 1.165) is 80.5 Å². The van der Waals surface area contributed by atoms with Gasteiger partial charge in [-0.2, -0.15) is 0 Å². The van der Waals surface area contributed by atoms with E-state index in [-0.39, 0.29) is 5.78 Å². The predicted octanol–water partition coefficient (Wildman–Crippen LogP) is 9.68. The summed E-state index contributed by atoms with van der Waals surface area (Å²) in [4.78, 5) is 14.7. The van der Waals surface area contributed by atoms with Gasteiger partial charge in [0, 0.05) is 29.6 Å². The van der Waals surface area contributed by atoms with Crippen molar-refractivity contribution in [3.63, 3.8) is 0 Å². The number of ether oxygens (including phenoxy) is 1. The van der Waals surface area contributed by atoms with Crippen molar-refractivity contribution in [1.82, 2.24) is 4.90 Å². The second-order valence-electron chi connectivity index (χ2n) is 12.6. The Hall–Kier alpha value is -3.61. The fourth-order valence-electron chi connectivity index (χ4n) is 6.81. The first-order valence-electron chi connectivity index (χ1n) is 16.9. The number of fused-ring (bicyclic) bond motifs is 1. The van der Waals surface area contributed by atoms with Crippen molar-refractivity contribution in [2.24, 2.45) is 5.92 Å². The zero-order chi connectivity index (χ0) is 30.6. The maximum absolute atomic E-state index is 12.0. The van der Waals surface area contributed by atoms with Gasteiger partial charge in [0.15, 0.2) is 5.78 Å². The summed E-state index contributed by atoms with van der Waals surface area (Å²) >= 11 is 0. The van der Waals surface area contributed by atoms with E-state index in [4.69, 9.17) is 4.74 Å². The first kappa shape index (κ1) is 31.8. The minimum absolute atomic E-state index is 0.145. The van der Waals surface area contributed by atoms with Gasteiger partial charge < -0.3 is 4.74 Å². The lowest BCUT2D eigenvalue weighted by Gasteiger charge is -2.36. The van der Waals surface area contributed by atoms with E-state index in [1.165, 1.54) is 48.8 Å². The molecule has 0 aliphatic heterocycles. The molecule has 1 fully saturated rings. The van der Waals surface area contributed by atoms with E-state index >= 15 is 0 Å². The number of Topliss-reactive ketones (excluding diaryl/α,β-unsaturated/α-hetero) is 1. The Morgan fingerprint density at radius 1 is 0.955 bits per heavy atom. The Morgan fingerprint density at radius 2 is 1.77 bits per heavy atom. The molecule has 230 valence electrons. The van der Waals surface area contributed by atoms with Crippen LogP contribution in [0.15, 0.2) is 79.4 Å². The molecule has 2 aliphatic rings. The zero-order valence-corrected chi connectivity index (χ0v) is 26.7. The van der Waals surface area contributed by atoms with Crippen LogP contribution in [0.5, 0.6) is 5.75 Å². The lowest BCUT2D eigenvalue weighted by Crippen LogP contribution is -2.34. The van der Waals surface area contributed by atoms with E-state index < -0.39 is 0 Å². The lowest BCUT2D eigenvalue weighted by atomic mass is 9.85. The fraction of sp³-hybridized carbons (Fsp3) is 0.439. The third-order valence-corrected chi connectivity index (χ3v) is 9.39. The van der Waals surface area contributed by atoms with Crippen LogP contribution in [0.2, 0.25) is 0 Å². The van der Waals surface area contributed by atoms with Crippen LogP contribution in [-0.4, -0.2) is 23.8 Å². The number of hydrogen-bond donors (Lipinski definition) is 0. The van der Waals surface area contributed by atoms with Crippen LogP contribution < -0.4 is 4.74 Å². The predicted molar refractivity (Wildman–Crippen MR) is 182 cm³/mol. The molecule has 5 rings (SSSR count). The summed E-state index contributed by atoms with van der Waals surface area (Å²) in [5.74, 6) is 8.58. The van der Waals surface area contributed by atoms with E-state index in [2.05, 4.69) is 84.0 Å². The van der Waals surface area contributed by atoms with Gasteiger partial charge in [0.25, 0.3) is 0 Å². The number of para-hydroxylation sites is 1.